The number of aliphatic hydroxyl groups excluding tert-OH is 1. The van der Waals surface area contributed by atoms with E-state index in [9.17, 15) is 13.2 Å². The Morgan fingerprint density at radius 3 is 2.47 bits per heavy atom. The monoisotopic (exact) mass is 240 g/mol. The summed E-state index contributed by atoms with van der Waals surface area (Å²) in [6, 6.07) is -1.20. The Labute approximate surface area is 88.7 Å². The van der Waals surface area contributed by atoms with Crippen LogP contribution in [0.15, 0.2) is 0 Å². The number of aliphatic hydroxyl groups is 1. The van der Waals surface area contributed by atoms with Crippen LogP contribution in [0.4, 0.5) is 0 Å². The smallest absolute Gasteiger partial charge is 0.288 e. The van der Waals surface area contributed by atoms with Crippen molar-refractivity contribution in [3.63, 3.8) is 0 Å². The lowest BCUT2D eigenvalue weighted by atomic mass is 10.3. The molecule has 0 saturated carbocycles. The van der Waals surface area contributed by atoms with Crippen LogP contribution < -0.4 is 11.2 Å². The second kappa shape index (κ2) is 6.01. The first-order chi connectivity index (χ1) is 6.78. The maximum atomic E-state index is 11.1. The standard InChI is InChI=1S/C7H16N2O5S/c1-5(2)4-15(12,13)14-9-7(11)6(8)3-10/h5-6,10H,3-4,8H2,1-2H3,(H,9,11)/t6-/m0/s1. The van der Waals surface area contributed by atoms with E-state index in [1.165, 1.54) is 0 Å². The molecule has 0 saturated heterocycles. The number of amides is 1. The summed E-state index contributed by atoms with van der Waals surface area (Å²) in [6.07, 6.45) is 0. The molecule has 0 aliphatic carbocycles. The average Bonchev–Trinajstić information content (AvgIpc) is 2.11. The Morgan fingerprint density at radius 2 is 2.07 bits per heavy atom. The minimum Gasteiger partial charge on any atom is -0.394 e. The van der Waals surface area contributed by atoms with Crippen LogP contribution >= 0.6 is 0 Å². The highest BCUT2D eigenvalue weighted by Crippen LogP contribution is 2.00. The molecule has 0 heterocycles. The van der Waals surface area contributed by atoms with E-state index in [0.717, 1.165) is 0 Å². The van der Waals surface area contributed by atoms with E-state index in [-0.39, 0.29) is 11.7 Å². The fraction of sp³-hybridized carbons (Fsp3) is 0.857. The Hall–Kier alpha value is -0.700. The second-order valence-electron chi connectivity index (χ2n) is 3.46. The van der Waals surface area contributed by atoms with Gasteiger partial charge in [0.05, 0.1) is 12.4 Å². The van der Waals surface area contributed by atoms with Crippen LogP contribution in [-0.2, 0) is 19.2 Å². The molecular formula is C7H16N2O5S. The van der Waals surface area contributed by atoms with Crippen molar-refractivity contribution in [1.82, 2.24) is 5.48 Å². The molecule has 0 unspecified atom stereocenters. The lowest BCUT2D eigenvalue weighted by Gasteiger charge is -2.10. The van der Waals surface area contributed by atoms with Gasteiger partial charge in [-0.3, -0.25) is 4.79 Å². The number of hydrogen-bond donors (Lipinski definition) is 3. The van der Waals surface area contributed by atoms with Crippen molar-refractivity contribution in [3.8, 4) is 0 Å². The van der Waals surface area contributed by atoms with Crippen molar-refractivity contribution in [1.29, 1.82) is 0 Å². The first kappa shape index (κ1) is 14.3. The molecule has 0 aromatic heterocycles. The van der Waals surface area contributed by atoms with Gasteiger partial charge in [-0.25, -0.2) is 5.48 Å². The van der Waals surface area contributed by atoms with Crippen LogP contribution in [0.3, 0.4) is 0 Å². The molecule has 0 aliphatic heterocycles. The highest BCUT2D eigenvalue weighted by molar-refractivity contribution is 7.86. The van der Waals surface area contributed by atoms with Gasteiger partial charge in [-0.05, 0) is 5.92 Å². The summed E-state index contributed by atoms with van der Waals surface area (Å²) >= 11 is 0. The van der Waals surface area contributed by atoms with E-state index in [0.29, 0.717) is 0 Å². The lowest BCUT2D eigenvalue weighted by Crippen LogP contribution is -2.44. The summed E-state index contributed by atoms with van der Waals surface area (Å²) in [7, 11) is -3.79. The van der Waals surface area contributed by atoms with Crippen molar-refractivity contribution >= 4 is 16.0 Å². The van der Waals surface area contributed by atoms with Crippen LogP contribution in [0.25, 0.3) is 0 Å². The molecule has 0 aromatic carbocycles. The van der Waals surface area contributed by atoms with E-state index < -0.39 is 28.7 Å². The number of carbonyl (C=O) groups is 1. The van der Waals surface area contributed by atoms with Gasteiger partial charge in [-0.15, -0.1) is 4.28 Å². The highest BCUT2D eigenvalue weighted by atomic mass is 32.2. The van der Waals surface area contributed by atoms with Gasteiger partial charge in [0.25, 0.3) is 16.0 Å². The normalized spacial score (nSPS) is 13.9. The molecular weight excluding hydrogens is 224 g/mol. The molecule has 7 nitrogen and oxygen atoms in total. The summed E-state index contributed by atoms with van der Waals surface area (Å²) in [6.45, 7) is 2.81. The van der Waals surface area contributed by atoms with Gasteiger partial charge in [0, 0.05) is 0 Å². The van der Waals surface area contributed by atoms with Crippen LogP contribution in [0, 0.1) is 5.92 Å². The maximum Gasteiger partial charge on any atom is 0.288 e. The molecule has 90 valence electrons. The van der Waals surface area contributed by atoms with E-state index in [1.807, 2.05) is 0 Å². The zero-order chi connectivity index (χ0) is 12.1. The van der Waals surface area contributed by atoms with E-state index in [4.69, 9.17) is 10.8 Å². The number of carbonyl (C=O) groups excluding carboxylic acids is 1. The lowest BCUT2D eigenvalue weighted by molar-refractivity contribution is -0.129. The third-order valence-corrected chi connectivity index (χ3v) is 2.75. The van der Waals surface area contributed by atoms with Crippen LogP contribution in [0.1, 0.15) is 13.8 Å². The van der Waals surface area contributed by atoms with Gasteiger partial charge in [0.1, 0.15) is 6.04 Å². The van der Waals surface area contributed by atoms with Crippen molar-refractivity contribution < 1.29 is 22.6 Å². The zero-order valence-corrected chi connectivity index (χ0v) is 9.45. The van der Waals surface area contributed by atoms with Gasteiger partial charge in [0.15, 0.2) is 0 Å². The van der Waals surface area contributed by atoms with Crippen molar-refractivity contribution in [2.24, 2.45) is 11.7 Å². The Bertz CT molecular complexity index is 301. The third-order valence-electron chi connectivity index (χ3n) is 1.34. The quantitative estimate of drug-likeness (QED) is 0.478. The minimum absolute atomic E-state index is 0.113. The fourth-order valence-electron chi connectivity index (χ4n) is 0.705. The maximum absolute atomic E-state index is 11.1. The first-order valence-electron chi connectivity index (χ1n) is 4.36. The molecule has 0 rings (SSSR count). The topological polar surface area (TPSA) is 119 Å². The summed E-state index contributed by atoms with van der Waals surface area (Å²) in [5.74, 6) is -1.20. The Balaban J connectivity index is 4.10. The summed E-state index contributed by atoms with van der Waals surface area (Å²) in [5, 5.41) is 8.49. The van der Waals surface area contributed by atoms with Crippen molar-refractivity contribution in [3.05, 3.63) is 0 Å². The second-order valence-corrected chi connectivity index (χ2v) is 5.07. The molecule has 0 fully saturated rings. The molecule has 0 aromatic rings. The third kappa shape index (κ3) is 6.39. The van der Waals surface area contributed by atoms with Gasteiger partial charge in [0.2, 0.25) is 0 Å². The Kier molecular flexibility index (Phi) is 5.73. The minimum atomic E-state index is -3.79. The van der Waals surface area contributed by atoms with Crippen molar-refractivity contribution in [2.45, 2.75) is 19.9 Å². The number of nitrogens with two attached hydrogens (primary N) is 1. The Morgan fingerprint density at radius 1 is 1.53 bits per heavy atom. The predicted octanol–water partition coefficient (Wildman–Crippen LogP) is -1.66. The molecule has 1 amide bonds. The molecule has 15 heavy (non-hydrogen) atoms. The molecule has 1 atom stereocenters. The van der Waals surface area contributed by atoms with Crippen LogP contribution in [0.2, 0.25) is 0 Å². The number of rotatable bonds is 6. The molecule has 0 radical (unpaired) electrons. The summed E-state index contributed by atoms with van der Waals surface area (Å²) in [5.41, 5.74) is 6.78. The van der Waals surface area contributed by atoms with Gasteiger partial charge in [-0.2, -0.15) is 8.42 Å². The van der Waals surface area contributed by atoms with Crippen molar-refractivity contribution in [2.75, 3.05) is 12.4 Å². The largest absolute Gasteiger partial charge is 0.394 e. The molecule has 0 bridgehead atoms. The number of nitrogens with one attached hydrogen (secondary N) is 1. The highest BCUT2D eigenvalue weighted by Gasteiger charge is 2.18. The van der Waals surface area contributed by atoms with Gasteiger partial charge >= 0.3 is 0 Å². The van der Waals surface area contributed by atoms with E-state index >= 15 is 0 Å². The van der Waals surface area contributed by atoms with Gasteiger partial charge < -0.3 is 10.8 Å². The van der Waals surface area contributed by atoms with Crippen LogP contribution in [0.5, 0.6) is 0 Å². The SMILES string of the molecule is CC(C)CS(=O)(=O)ONC(=O)[C@@H](N)CO. The zero-order valence-electron chi connectivity index (χ0n) is 8.63. The van der Waals surface area contributed by atoms with E-state index in [2.05, 4.69) is 4.28 Å². The van der Waals surface area contributed by atoms with Crippen LogP contribution in [-0.4, -0.2) is 37.8 Å². The molecule has 8 heteroatoms. The predicted molar refractivity (Wildman–Crippen MR) is 52.9 cm³/mol. The molecule has 4 N–H and O–H groups in total. The average molecular weight is 240 g/mol. The summed E-state index contributed by atoms with van der Waals surface area (Å²) in [4.78, 5) is 10.9. The summed E-state index contributed by atoms with van der Waals surface area (Å²) < 4.78 is 26.4. The first-order valence-corrected chi connectivity index (χ1v) is 5.93. The number of hydroxylamine groups is 1. The molecule has 0 aliphatic rings. The van der Waals surface area contributed by atoms with Gasteiger partial charge in [-0.1, -0.05) is 13.8 Å². The molecule has 0 spiro atoms. The fourth-order valence-corrected chi connectivity index (χ4v) is 1.80. The van der Waals surface area contributed by atoms with E-state index in [1.54, 1.807) is 19.3 Å². The number of hydrogen-bond acceptors (Lipinski definition) is 6.